The third-order valence-corrected chi connectivity index (χ3v) is 7.10. The van der Waals surface area contributed by atoms with Gasteiger partial charge in [0.25, 0.3) is 0 Å². The van der Waals surface area contributed by atoms with Gasteiger partial charge in [0.15, 0.2) is 5.65 Å². The lowest BCUT2D eigenvalue weighted by Crippen LogP contribution is -2.42. The summed E-state index contributed by atoms with van der Waals surface area (Å²) in [6.07, 6.45) is 0.466. The summed E-state index contributed by atoms with van der Waals surface area (Å²) in [5.41, 5.74) is 1.31. The molecular weight excluding hydrogens is 465 g/mol. The van der Waals surface area contributed by atoms with Crippen LogP contribution in [0.1, 0.15) is 36.8 Å². The van der Waals surface area contributed by atoms with E-state index in [4.69, 9.17) is 9.72 Å². The number of anilines is 2. The second kappa shape index (κ2) is 7.83. The molecule has 3 aliphatic heterocycles. The van der Waals surface area contributed by atoms with E-state index in [1.54, 1.807) is 12.4 Å². The summed E-state index contributed by atoms with van der Waals surface area (Å²) >= 11 is 0. The van der Waals surface area contributed by atoms with Crippen molar-refractivity contribution in [2.24, 2.45) is 5.41 Å². The number of carbonyl (C=O) groups is 1. The molecule has 0 radical (unpaired) electrons. The molecule has 3 aromatic heterocycles. The highest BCUT2D eigenvalue weighted by atomic mass is 19.4. The fourth-order valence-electron chi connectivity index (χ4n) is 5.06. The predicted octanol–water partition coefficient (Wildman–Crippen LogP) is 2.54. The van der Waals surface area contributed by atoms with Crippen LogP contribution in [0.15, 0.2) is 18.5 Å². The van der Waals surface area contributed by atoms with Gasteiger partial charge in [-0.2, -0.15) is 18.3 Å². The Labute approximate surface area is 198 Å². The molecule has 6 rings (SSSR count). The minimum atomic E-state index is -4.67. The highest BCUT2D eigenvalue weighted by Gasteiger charge is 2.46. The standard InChI is InChI=1S/C22H23F3N8O2/c1-13-6-16(30-20(28-13)22(23,24)25)32-12-21(7-18(32)34)2-4-31(5-3-21)17-9-26-15-8-27-33(19(15)29-17)14-10-35-11-14/h6,8-9,14H,2-5,7,10-12H2,1H3. The van der Waals surface area contributed by atoms with Crippen molar-refractivity contribution in [1.29, 1.82) is 0 Å². The van der Waals surface area contributed by atoms with Crippen molar-refractivity contribution in [3.05, 3.63) is 30.0 Å². The third-order valence-electron chi connectivity index (χ3n) is 7.10. The zero-order valence-corrected chi connectivity index (χ0v) is 19.0. The number of halogens is 3. The van der Waals surface area contributed by atoms with Gasteiger partial charge in [-0.15, -0.1) is 0 Å². The summed E-state index contributed by atoms with van der Waals surface area (Å²) < 4.78 is 46.7. The van der Waals surface area contributed by atoms with Crippen LogP contribution >= 0.6 is 0 Å². The molecule has 0 aromatic carbocycles. The van der Waals surface area contributed by atoms with Gasteiger partial charge in [0.1, 0.15) is 23.2 Å². The van der Waals surface area contributed by atoms with Crippen molar-refractivity contribution in [3.8, 4) is 0 Å². The number of carbonyl (C=O) groups excluding carboxylic acids is 1. The fourth-order valence-corrected chi connectivity index (χ4v) is 5.06. The number of alkyl halides is 3. The molecule has 0 saturated carbocycles. The number of fused-ring (bicyclic) bond motifs is 1. The highest BCUT2D eigenvalue weighted by molar-refractivity contribution is 5.95. The SMILES string of the molecule is Cc1cc(N2CC3(CCN(c4cnc5cnn(C6COC6)c5n4)CC3)CC2=O)nc(C(F)(F)F)n1. The van der Waals surface area contributed by atoms with E-state index in [1.807, 2.05) is 4.68 Å². The molecule has 0 unspecified atom stereocenters. The van der Waals surface area contributed by atoms with Gasteiger partial charge in [0, 0.05) is 43.2 Å². The van der Waals surface area contributed by atoms with Crippen LogP contribution in [0.5, 0.6) is 0 Å². The number of amides is 1. The van der Waals surface area contributed by atoms with E-state index >= 15 is 0 Å². The van der Waals surface area contributed by atoms with E-state index < -0.39 is 12.0 Å². The molecule has 10 nitrogen and oxygen atoms in total. The molecule has 13 heteroatoms. The van der Waals surface area contributed by atoms with Crippen molar-refractivity contribution < 1.29 is 22.7 Å². The Hall–Kier alpha value is -3.35. The smallest absolute Gasteiger partial charge is 0.377 e. The van der Waals surface area contributed by atoms with E-state index in [0.29, 0.717) is 45.7 Å². The summed E-state index contributed by atoms with van der Waals surface area (Å²) in [5, 5.41) is 4.40. The average Bonchev–Trinajstić information content (AvgIpc) is 3.33. The van der Waals surface area contributed by atoms with Crippen LogP contribution in [-0.2, 0) is 15.7 Å². The van der Waals surface area contributed by atoms with Crippen LogP contribution in [0.2, 0.25) is 0 Å². The molecular formula is C22H23F3N8O2. The van der Waals surface area contributed by atoms with Gasteiger partial charge >= 0.3 is 6.18 Å². The van der Waals surface area contributed by atoms with E-state index in [2.05, 4.69) is 25.0 Å². The monoisotopic (exact) mass is 488 g/mol. The van der Waals surface area contributed by atoms with Crippen molar-refractivity contribution in [2.75, 3.05) is 42.6 Å². The van der Waals surface area contributed by atoms with Crippen molar-refractivity contribution in [2.45, 2.75) is 38.4 Å². The number of aryl methyl sites for hydroxylation is 1. The van der Waals surface area contributed by atoms with Gasteiger partial charge in [-0.25, -0.2) is 24.6 Å². The number of hydrogen-bond donors (Lipinski definition) is 0. The van der Waals surface area contributed by atoms with Gasteiger partial charge < -0.3 is 9.64 Å². The van der Waals surface area contributed by atoms with Crippen molar-refractivity contribution in [1.82, 2.24) is 29.7 Å². The van der Waals surface area contributed by atoms with Crippen LogP contribution in [0, 0.1) is 12.3 Å². The molecule has 3 aliphatic rings. The zero-order valence-electron chi connectivity index (χ0n) is 19.0. The van der Waals surface area contributed by atoms with Crippen LogP contribution in [0.4, 0.5) is 24.8 Å². The Kier molecular flexibility index (Phi) is 4.95. The van der Waals surface area contributed by atoms with Crippen LogP contribution in [0.25, 0.3) is 11.2 Å². The Morgan fingerprint density at radius 2 is 1.86 bits per heavy atom. The third kappa shape index (κ3) is 3.87. The summed E-state index contributed by atoms with van der Waals surface area (Å²) in [6, 6.07) is 1.60. The number of rotatable bonds is 3. The van der Waals surface area contributed by atoms with Crippen LogP contribution in [-0.4, -0.2) is 68.5 Å². The second-order valence-corrected chi connectivity index (χ2v) is 9.55. The summed E-state index contributed by atoms with van der Waals surface area (Å²) in [7, 11) is 0. The topological polar surface area (TPSA) is 102 Å². The maximum Gasteiger partial charge on any atom is 0.451 e. The minimum Gasteiger partial charge on any atom is -0.377 e. The summed E-state index contributed by atoms with van der Waals surface area (Å²) in [4.78, 5) is 32.8. The molecule has 0 atom stereocenters. The first-order valence-corrected chi connectivity index (χ1v) is 11.5. The number of piperidine rings is 1. The number of ether oxygens (including phenoxy) is 1. The Morgan fingerprint density at radius 1 is 1.09 bits per heavy atom. The van der Waals surface area contributed by atoms with Gasteiger partial charge in [-0.1, -0.05) is 0 Å². The van der Waals surface area contributed by atoms with Gasteiger partial charge in [-0.05, 0) is 19.8 Å². The first-order valence-electron chi connectivity index (χ1n) is 11.5. The lowest BCUT2D eigenvalue weighted by Gasteiger charge is -2.39. The molecule has 35 heavy (non-hydrogen) atoms. The molecule has 0 N–H and O–H groups in total. The normalized spacial score (nSPS) is 20.7. The van der Waals surface area contributed by atoms with Crippen molar-refractivity contribution >= 4 is 28.7 Å². The largest absolute Gasteiger partial charge is 0.451 e. The van der Waals surface area contributed by atoms with Crippen LogP contribution < -0.4 is 9.80 Å². The van der Waals surface area contributed by atoms with Gasteiger partial charge in [0.05, 0.1) is 25.6 Å². The maximum atomic E-state index is 13.2. The molecule has 0 aliphatic carbocycles. The number of nitrogens with zero attached hydrogens (tertiary/aromatic N) is 8. The quantitative estimate of drug-likeness (QED) is 0.554. The van der Waals surface area contributed by atoms with E-state index in [0.717, 1.165) is 17.0 Å². The predicted molar refractivity (Wildman–Crippen MR) is 118 cm³/mol. The molecule has 3 saturated heterocycles. The number of aromatic nitrogens is 6. The van der Waals surface area contributed by atoms with E-state index in [9.17, 15) is 18.0 Å². The van der Waals surface area contributed by atoms with Gasteiger partial charge in [0.2, 0.25) is 11.7 Å². The van der Waals surface area contributed by atoms with E-state index in [1.165, 1.54) is 17.9 Å². The fraction of sp³-hybridized carbons (Fsp3) is 0.545. The lowest BCUT2D eigenvalue weighted by atomic mass is 9.77. The maximum absolute atomic E-state index is 13.2. The lowest BCUT2D eigenvalue weighted by molar-refractivity contribution is -0.145. The second-order valence-electron chi connectivity index (χ2n) is 9.55. The first kappa shape index (κ1) is 22.1. The van der Waals surface area contributed by atoms with E-state index in [-0.39, 0.29) is 35.3 Å². The summed E-state index contributed by atoms with van der Waals surface area (Å²) in [5.74, 6) is -0.675. The average molecular weight is 488 g/mol. The molecule has 1 spiro atoms. The van der Waals surface area contributed by atoms with Crippen molar-refractivity contribution in [3.63, 3.8) is 0 Å². The highest BCUT2D eigenvalue weighted by Crippen LogP contribution is 2.43. The Bertz CT molecular complexity index is 1300. The molecule has 6 heterocycles. The molecule has 184 valence electrons. The number of hydrogen-bond acceptors (Lipinski definition) is 8. The molecule has 0 bridgehead atoms. The molecule has 1 amide bonds. The molecule has 3 fully saturated rings. The summed E-state index contributed by atoms with van der Waals surface area (Å²) in [6.45, 7) is 4.35. The first-order chi connectivity index (χ1) is 16.7. The molecule has 3 aromatic rings. The van der Waals surface area contributed by atoms with Gasteiger partial charge in [-0.3, -0.25) is 9.69 Å². The Morgan fingerprint density at radius 3 is 2.54 bits per heavy atom. The zero-order chi connectivity index (χ0) is 24.4. The Balaban J connectivity index is 1.19. The minimum absolute atomic E-state index is 0.0127. The van der Waals surface area contributed by atoms with Crippen LogP contribution in [0.3, 0.4) is 0 Å².